The second-order valence-corrected chi connectivity index (χ2v) is 5.51. The van der Waals surface area contributed by atoms with Crippen LogP contribution in [0.5, 0.6) is 0 Å². The highest BCUT2D eigenvalue weighted by atomic mass is 32.2. The second kappa shape index (κ2) is 7.51. The molecule has 0 bridgehead atoms. The van der Waals surface area contributed by atoms with Crippen LogP contribution in [0.15, 0.2) is 5.38 Å². The smallest absolute Gasteiger partial charge is 0.220 e. The quantitative estimate of drug-likeness (QED) is 0.729. The van der Waals surface area contributed by atoms with Crippen molar-refractivity contribution in [2.45, 2.75) is 19.8 Å². The molecule has 0 aromatic carbocycles. The molecular formula is C10H17N3OS2. The van der Waals surface area contributed by atoms with Gasteiger partial charge in [0.2, 0.25) is 5.91 Å². The molecule has 16 heavy (non-hydrogen) atoms. The molecule has 3 N–H and O–H groups in total. The largest absolute Gasteiger partial charge is 0.375 e. The third-order valence-corrected chi connectivity index (χ3v) is 3.57. The van der Waals surface area contributed by atoms with Crippen molar-refractivity contribution in [2.75, 3.05) is 23.8 Å². The number of nitrogen functional groups attached to an aromatic ring is 1. The van der Waals surface area contributed by atoms with Gasteiger partial charge < -0.3 is 11.1 Å². The summed E-state index contributed by atoms with van der Waals surface area (Å²) in [6.07, 6.45) is 1.35. The van der Waals surface area contributed by atoms with Gasteiger partial charge in [-0.1, -0.05) is 6.92 Å². The highest BCUT2D eigenvalue weighted by Gasteiger charge is 2.02. The van der Waals surface area contributed by atoms with Crippen LogP contribution in [0.3, 0.4) is 0 Å². The molecule has 0 aliphatic rings. The molecule has 0 unspecified atom stereocenters. The summed E-state index contributed by atoms with van der Waals surface area (Å²) in [6.45, 7) is 2.73. The molecule has 0 aliphatic carbocycles. The highest BCUT2D eigenvalue weighted by molar-refractivity contribution is 7.99. The van der Waals surface area contributed by atoms with Gasteiger partial charge >= 0.3 is 0 Å². The summed E-state index contributed by atoms with van der Waals surface area (Å²) in [5, 5.41) is 5.38. The first kappa shape index (κ1) is 13.3. The first-order chi connectivity index (χ1) is 7.72. The summed E-state index contributed by atoms with van der Waals surface area (Å²) >= 11 is 3.21. The topological polar surface area (TPSA) is 68.0 Å². The Bertz CT molecular complexity index is 328. The van der Waals surface area contributed by atoms with E-state index in [1.54, 1.807) is 11.8 Å². The molecule has 1 aromatic heterocycles. The normalized spacial score (nSPS) is 10.3. The first-order valence-electron chi connectivity index (χ1n) is 5.26. The lowest BCUT2D eigenvalue weighted by Crippen LogP contribution is -2.26. The van der Waals surface area contributed by atoms with Gasteiger partial charge in [0.1, 0.15) is 0 Å². The lowest BCUT2D eigenvalue weighted by molar-refractivity contribution is -0.120. The van der Waals surface area contributed by atoms with E-state index in [0.29, 0.717) is 18.1 Å². The molecule has 0 fully saturated rings. The van der Waals surface area contributed by atoms with Gasteiger partial charge in [-0.3, -0.25) is 4.79 Å². The standard InChI is InChI=1S/C10H17N3OS2/c1-2-15-6-4-9(14)12-5-3-8-7-16-10(11)13-8/h7H,2-6H2,1H3,(H2,11,13)(H,12,14). The predicted octanol–water partition coefficient (Wildman–Crippen LogP) is 1.53. The monoisotopic (exact) mass is 259 g/mol. The Balaban J connectivity index is 2.08. The first-order valence-corrected chi connectivity index (χ1v) is 7.30. The van der Waals surface area contributed by atoms with E-state index in [2.05, 4.69) is 17.2 Å². The van der Waals surface area contributed by atoms with Crippen LogP contribution in [0.4, 0.5) is 5.13 Å². The number of aromatic nitrogens is 1. The Morgan fingerprint density at radius 1 is 1.69 bits per heavy atom. The zero-order chi connectivity index (χ0) is 11.8. The fourth-order valence-electron chi connectivity index (χ4n) is 1.17. The van der Waals surface area contributed by atoms with Crippen LogP contribution in [0, 0.1) is 0 Å². The Kier molecular flexibility index (Phi) is 6.25. The number of carbonyl (C=O) groups excluding carboxylic acids is 1. The second-order valence-electron chi connectivity index (χ2n) is 3.22. The van der Waals surface area contributed by atoms with Gasteiger partial charge in [0.05, 0.1) is 5.69 Å². The van der Waals surface area contributed by atoms with Crippen LogP contribution in [0.25, 0.3) is 0 Å². The zero-order valence-electron chi connectivity index (χ0n) is 9.36. The van der Waals surface area contributed by atoms with Gasteiger partial charge in [-0.15, -0.1) is 11.3 Å². The molecule has 0 saturated carbocycles. The van der Waals surface area contributed by atoms with E-state index in [1.807, 2.05) is 5.38 Å². The minimum Gasteiger partial charge on any atom is -0.375 e. The number of thioether (sulfide) groups is 1. The average Bonchev–Trinajstić information content (AvgIpc) is 2.65. The number of thiazole rings is 1. The van der Waals surface area contributed by atoms with Crippen molar-refractivity contribution in [3.63, 3.8) is 0 Å². The van der Waals surface area contributed by atoms with Gasteiger partial charge in [-0.05, 0) is 5.75 Å². The molecule has 0 spiro atoms. The van der Waals surface area contributed by atoms with Crippen LogP contribution in [-0.4, -0.2) is 28.9 Å². The van der Waals surface area contributed by atoms with Gasteiger partial charge in [-0.25, -0.2) is 4.98 Å². The van der Waals surface area contributed by atoms with Crippen molar-refractivity contribution in [1.82, 2.24) is 10.3 Å². The molecule has 4 nitrogen and oxygen atoms in total. The number of nitrogens with one attached hydrogen (secondary N) is 1. The maximum absolute atomic E-state index is 11.3. The summed E-state index contributed by atoms with van der Waals surface area (Å²) < 4.78 is 0. The molecule has 1 heterocycles. The van der Waals surface area contributed by atoms with Crippen LogP contribution in [-0.2, 0) is 11.2 Å². The molecule has 0 saturated heterocycles. The SMILES string of the molecule is CCSCCC(=O)NCCc1csc(N)n1. The number of nitrogens with zero attached hydrogens (tertiary/aromatic N) is 1. The van der Waals surface area contributed by atoms with Crippen LogP contribution < -0.4 is 11.1 Å². The fourth-order valence-corrected chi connectivity index (χ4v) is 2.38. The minimum absolute atomic E-state index is 0.115. The predicted molar refractivity (Wildman–Crippen MR) is 70.9 cm³/mol. The number of amides is 1. The van der Waals surface area contributed by atoms with Crippen molar-refractivity contribution in [3.8, 4) is 0 Å². The van der Waals surface area contributed by atoms with Gasteiger partial charge in [0, 0.05) is 30.5 Å². The Morgan fingerprint density at radius 3 is 3.12 bits per heavy atom. The summed E-state index contributed by atoms with van der Waals surface area (Å²) in [6, 6.07) is 0. The third-order valence-electron chi connectivity index (χ3n) is 1.95. The average molecular weight is 259 g/mol. The molecule has 0 atom stereocenters. The van der Waals surface area contributed by atoms with E-state index in [0.717, 1.165) is 23.6 Å². The Labute approximate surface area is 104 Å². The fraction of sp³-hybridized carbons (Fsp3) is 0.600. The number of carbonyl (C=O) groups is 1. The zero-order valence-corrected chi connectivity index (χ0v) is 11.0. The van der Waals surface area contributed by atoms with Crippen molar-refractivity contribution in [3.05, 3.63) is 11.1 Å². The molecule has 0 radical (unpaired) electrons. The van der Waals surface area contributed by atoms with E-state index >= 15 is 0 Å². The Morgan fingerprint density at radius 2 is 2.50 bits per heavy atom. The molecule has 1 aromatic rings. The van der Waals surface area contributed by atoms with Gasteiger partial charge in [0.25, 0.3) is 0 Å². The molecule has 90 valence electrons. The molecule has 6 heteroatoms. The highest BCUT2D eigenvalue weighted by Crippen LogP contribution is 2.10. The van der Waals surface area contributed by atoms with E-state index in [1.165, 1.54) is 11.3 Å². The number of rotatable bonds is 7. The van der Waals surface area contributed by atoms with E-state index in [-0.39, 0.29) is 5.91 Å². The Hall–Kier alpha value is -0.750. The third kappa shape index (κ3) is 5.37. The number of nitrogens with two attached hydrogens (primary N) is 1. The molecule has 1 amide bonds. The lowest BCUT2D eigenvalue weighted by Gasteiger charge is -2.03. The molecular weight excluding hydrogens is 242 g/mol. The number of anilines is 1. The van der Waals surface area contributed by atoms with E-state index in [4.69, 9.17) is 5.73 Å². The van der Waals surface area contributed by atoms with Crippen molar-refractivity contribution in [2.24, 2.45) is 0 Å². The van der Waals surface area contributed by atoms with E-state index in [9.17, 15) is 4.79 Å². The van der Waals surface area contributed by atoms with Crippen molar-refractivity contribution < 1.29 is 4.79 Å². The van der Waals surface area contributed by atoms with Gasteiger partial charge in [-0.2, -0.15) is 11.8 Å². The van der Waals surface area contributed by atoms with Crippen LogP contribution >= 0.6 is 23.1 Å². The molecule has 0 aliphatic heterocycles. The summed E-state index contributed by atoms with van der Waals surface area (Å²) in [5.41, 5.74) is 6.46. The number of hydrogen-bond donors (Lipinski definition) is 2. The van der Waals surface area contributed by atoms with Crippen LogP contribution in [0.2, 0.25) is 0 Å². The number of hydrogen-bond acceptors (Lipinski definition) is 5. The summed E-state index contributed by atoms with van der Waals surface area (Å²) in [7, 11) is 0. The summed E-state index contributed by atoms with van der Waals surface area (Å²) in [4.78, 5) is 15.5. The van der Waals surface area contributed by atoms with Crippen molar-refractivity contribution in [1.29, 1.82) is 0 Å². The summed E-state index contributed by atoms with van der Waals surface area (Å²) in [5.74, 6) is 2.07. The molecule has 1 rings (SSSR count). The van der Waals surface area contributed by atoms with Crippen LogP contribution in [0.1, 0.15) is 19.0 Å². The maximum Gasteiger partial charge on any atom is 0.220 e. The van der Waals surface area contributed by atoms with Gasteiger partial charge in [0.15, 0.2) is 5.13 Å². The lowest BCUT2D eigenvalue weighted by atomic mass is 10.3. The maximum atomic E-state index is 11.3. The van der Waals surface area contributed by atoms with E-state index < -0.39 is 0 Å². The van der Waals surface area contributed by atoms with Crippen molar-refractivity contribution >= 4 is 34.1 Å². The minimum atomic E-state index is 0.115.